The molecule has 20 heavy (non-hydrogen) atoms. The highest BCUT2D eigenvalue weighted by atomic mass is 32.2. The molecule has 3 rings (SSSR count). The van der Waals surface area contributed by atoms with Crippen LogP contribution in [-0.4, -0.2) is 20.0 Å². The smallest absolute Gasteiger partial charge is 0.185 e. The average molecular weight is 290 g/mol. The zero-order chi connectivity index (χ0) is 14.3. The molecule has 106 valence electrons. The summed E-state index contributed by atoms with van der Waals surface area (Å²) in [5, 5.41) is 0. The predicted molar refractivity (Wildman–Crippen MR) is 76.9 cm³/mol. The summed E-state index contributed by atoms with van der Waals surface area (Å²) < 4.78 is 24.5. The maximum atomic E-state index is 12.4. The number of sulfone groups is 1. The number of rotatable bonds is 4. The first kappa shape index (κ1) is 13.6. The number of hydrogen-bond donors (Lipinski definition) is 0. The molecule has 0 spiro atoms. The fraction of sp³-hybridized carbons (Fsp3) is 0.438. The number of hydrogen-bond acceptors (Lipinski definition) is 3. The van der Waals surface area contributed by atoms with Gasteiger partial charge in [0.05, 0.1) is 4.90 Å². The van der Waals surface area contributed by atoms with Crippen LogP contribution in [0.1, 0.15) is 13.3 Å². The Morgan fingerprint density at radius 1 is 1.15 bits per heavy atom. The minimum absolute atomic E-state index is 0.122. The third-order valence-corrected chi connectivity index (χ3v) is 6.31. The van der Waals surface area contributed by atoms with E-state index in [1.807, 2.05) is 0 Å². The molecule has 1 fully saturated rings. The number of fused-ring (bicyclic) bond motifs is 2. The number of carbonyl (C=O) groups is 1. The van der Waals surface area contributed by atoms with Crippen molar-refractivity contribution in [1.29, 1.82) is 0 Å². The number of carbonyl (C=O) groups excluding carboxylic acids is 1. The van der Waals surface area contributed by atoms with E-state index in [-0.39, 0.29) is 34.2 Å². The number of benzene rings is 1. The lowest BCUT2D eigenvalue weighted by atomic mass is 9.82. The fourth-order valence-corrected chi connectivity index (χ4v) is 4.90. The lowest BCUT2D eigenvalue weighted by Crippen LogP contribution is -2.31. The van der Waals surface area contributed by atoms with E-state index in [2.05, 4.69) is 19.1 Å². The van der Waals surface area contributed by atoms with Crippen molar-refractivity contribution in [2.75, 3.05) is 5.75 Å². The van der Waals surface area contributed by atoms with E-state index in [1.165, 1.54) is 0 Å². The second-order valence-corrected chi connectivity index (χ2v) is 7.86. The second-order valence-electron chi connectivity index (χ2n) is 5.87. The van der Waals surface area contributed by atoms with Gasteiger partial charge in [0.25, 0.3) is 0 Å². The van der Waals surface area contributed by atoms with Crippen molar-refractivity contribution in [3.63, 3.8) is 0 Å². The summed E-state index contributed by atoms with van der Waals surface area (Å²) in [4.78, 5) is 12.7. The summed E-state index contributed by atoms with van der Waals surface area (Å²) in [6.45, 7) is 2.06. The van der Waals surface area contributed by atoms with E-state index in [0.717, 1.165) is 6.42 Å². The highest BCUT2D eigenvalue weighted by Crippen LogP contribution is 2.48. The van der Waals surface area contributed by atoms with Gasteiger partial charge in [-0.25, -0.2) is 8.42 Å². The molecule has 1 saturated carbocycles. The maximum Gasteiger partial charge on any atom is 0.185 e. The lowest BCUT2D eigenvalue weighted by molar-refractivity contribution is -0.122. The third kappa shape index (κ3) is 2.22. The molecule has 0 radical (unpaired) electrons. The molecule has 2 aliphatic carbocycles. The van der Waals surface area contributed by atoms with Gasteiger partial charge in [0.15, 0.2) is 15.6 Å². The zero-order valence-electron chi connectivity index (χ0n) is 11.4. The van der Waals surface area contributed by atoms with Crippen LogP contribution in [0.3, 0.4) is 0 Å². The van der Waals surface area contributed by atoms with E-state index in [9.17, 15) is 13.2 Å². The van der Waals surface area contributed by atoms with Crippen LogP contribution >= 0.6 is 0 Å². The van der Waals surface area contributed by atoms with E-state index >= 15 is 0 Å². The molecule has 0 heterocycles. The SMILES string of the molecule is C[C@@H]1[C@@H](C(=O)CS(=O)(=O)c2ccccc2)[C@H]2C=C[C@@H]1C2. The van der Waals surface area contributed by atoms with Crippen LogP contribution in [0.2, 0.25) is 0 Å². The van der Waals surface area contributed by atoms with E-state index in [4.69, 9.17) is 0 Å². The van der Waals surface area contributed by atoms with Crippen LogP contribution in [-0.2, 0) is 14.6 Å². The fourth-order valence-electron chi connectivity index (χ4n) is 3.60. The van der Waals surface area contributed by atoms with Gasteiger partial charge in [-0.3, -0.25) is 4.79 Å². The maximum absolute atomic E-state index is 12.4. The Bertz CT molecular complexity index is 646. The van der Waals surface area contributed by atoms with Gasteiger partial charge in [-0.05, 0) is 36.3 Å². The summed E-state index contributed by atoms with van der Waals surface area (Å²) in [5.41, 5.74) is 0. The number of allylic oxidation sites excluding steroid dienone is 2. The molecule has 1 aromatic carbocycles. The molecule has 2 aliphatic rings. The van der Waals surface area contributed by atoms with Crippen molar-refractivity contribution >= 4 is 15.6 Å². The molecule has 0 unspecified atom stereocenters. The summed E-state index contributed by atoms with van der Waals surface area (Å²) in [5.74, 6) is 0.343. The third-order valence-electron chi connectivity index (χ3n) is 4.66. The Hall–Kier alpha value is -1.42. The highest BCUT2D eigenvalue weighted by molar-refractivity contribution is 7.92. The molecular formula is C16H18O3S. The van der Waals surface area contributed by atoms with Crippen molar-refractivity contribution in [2.45, 2.75) is 18.2 Å². The topological polar surface area (TPSA) is 51.2 Å². The molecule has 0 aliphatic heterocycles. The summed E-state index contributed by atoms with van der Waals surface area (Å²) >= 11 is 0. The first-order valence-electron chi connectivity index (χ1n) is 6.98. The van der Waals surface area contributed by atoms with Gasteiger partial charge in [-0.15, -0.1) is 0 Å². The number of ketones is 1. The van der Waals surface area contributed by atoms with Crippen molar-refractivity contribution in [1.82, 2.24) is 0 Å². The average Bonchev–Trinajstić information content (AvgIpc) is 2.99. The van der Waals surface area contributed by atoms with Gasteiger partial charge in [0, 0.05) is 5.92 Å². The summed E-state index contributed by atoms with van der Waals surface area (Å²) in [6, 6.07) is 8.23. The second kappa shape index (κ2) is 4.85. The standard InChI is InChI=1S/C16H18O3S/c1-11-12-7-8-13(9-12)16(11)15(17)10-20(18,19)14-5-3-2-4-6-14/h2-8,11-13,16H,9-10H2,1H3/t11-,12+,13-,16+/m0/s1. The molecule has 0 aromatic heterocycles. The Balaban J connectivity index is 1.79. The van der Waals surface area contributed by atoms with E-state index in [1.54, 1.807) is 30.3 Å². The minimum atomic E-state index is -3.51. The van der Waals surface area contributed by atoms with Gasteiger partial charge in [0.2, 0.25) is 0 Å². The number of Topliss-reactive ketones (excluding diaryl/α,β-unsaturated/α-hetero) is 1. The molecule has 3 nitrogen and oxygen atoms in total. The Morgan fingerprint density at radius 2 is 1.80 bits per heavy atom. The highest BCUT2D eigenvalue weighted by Gasteiger charge is 2.46. The molecule has 1 aromatic rings. The van der Waals surface area contributed by atoms with Crippen LogP contribution < -0.4 is 0 Å². The lowest BCUT2D eigenvalue weighted by Gasteiger charge is -2.23. The van der Waals surface area contributed by atoms with Crippen LogP contribution in [0.4, 0.5) is 0 Å². The Labute approximate surface area is 119 Å². The van der Waals surface area contributed by atoms with Gasteiger partial charge >= 0.3 is 0 Å². The van der Waals surface area contributed by atoms with Gasteiger partial charge in [0.1, 0.15) is 5.75 Å². The van der Waals surface area contributed by atoms with Crippen molar-refractivity contribution in [2.24, 2.45) is 23.7 Å². The van der Waals surface area contributed by atoms with Crippen molar-refractivity contribution < 1.29 is 13.2 Å². The van der Waals surface area contributed by atoms with Crippen molar-refractivity contribution in [3.05, 3.63) is 42.5 Å². The van der Waals surface area contributed by atoms with E-state index in [0.29, 0.717) is 5.92 Å². The molecular weight excluding hydrogens is 272 g/mol. The van der Waals surface area contributed by atoms with E-state index < -0.39 is 9.84 Å². The molecule has 4 heteroatoms. The van der Waals surface area contributed by atoms with Crippen LogP contribution in [0.15, 0.2) is 47.4 Å². The Kier molecular flexibility index (Phi) is 3.28. The minimum Gasteiger partial charge on any atom is -0.298 e. The van der Waals surface area contributed by atoms with Crippen LogP contribution in [0.25, 0.3) is 0 Å². The predicted octanol–water partition coefficient (Wildman–Crippen LogP) is 2.49. The van der Waals surface area contributed by atoms with Crippen LogP contribution in [0.5, 0.6) is 0 Å². The van der Waals surface area contributed by atoms with Gasteiger partial charge < -0.3 is 0 Å². The molecule has 4 atom stereocenters. The summed E-state index contributed by atoms with van der Waals surface area (Å²) in [7, 11) is -3.51. The van der Waals surface area contributed by atoms with Crippen LogP contribution in [0, 0.1) is 23.7 Å². The largest absolute Gasteiger partial charge is 0.298 e. The normalized spacial score (nSPS) is 31.6. The monoisotopic (exact) mass is 290 g/mol. The Morgan fingerprint density at radius 3 is 2.40 bits per heavy atom. The molecule has 0 amide bonds. The summed E-state index contributed by atoms with van der Waals surface area (Å²) in [6.07, 6.45) is 5.26. The zero-order valence-corrected chi connectivity index (χ0v) is 12.2. The molecule has 2 bridgehead atoms. The van der Waals surface area contributed by atoms with Crippen molar-refractivity contribution in [3.8, 4) is 0 Å². The van der Waals surface area contributed by atoms with Gasteiger partial charge in [-0.2, -0.15) is 0 Å². The quantitative estimate of drug-likeness (QED) is 0.801. The molecule has 0 saturated heterocycles. The first-order chi connectivity index (χ1) is 9.49. The molecule has 0 N–H and O–H groups in total. The van der Waals surface area contributed by atoms with Gasteiger partial charge in [-0.1, -0.05) is 37.3 Å². The first-order valence-corrected chi connectivity index (χ1v) is 8.63.